The van der Waals surface area contributed by atoms with Crippen molar-refractivity contribution in [3.05, 3.63) is 46.2 Å². The van der Waals surface area contributed by atoms with E-state index in [9.17, 15) is 4.79 Å². The molecule has 0 saturated heterocycles. The summed E-state index contributed by atoms with van der Waals surface area (Å²) in [6, 6.07) is 7.42. The van der Waals surface area contributed by atoms with Crippen LogP contribution in [0, 0.1) is 0 Å². The van der Waals surface area contributed by atoms with Crippen LogP contribution in [0.15, 0.2) is 24.3 Å². The Bertz CT molecular complexity index is 810. The van der Waals surface area contributed by atoms with E-state index >= 15 is 0 Å². The van der Waals surface area contributed by atoms with Crippen molar-refractivity contribution in [3.8, 4) is 5.75 Å². The Labute approximate surface area is 165 Å². The molecule has 27 heavy (non-hydrogen) atoms. The molecular formula is C21H26ClN3O2. The van der Waals surface area contributed by atoms with Crippen molar-refractivity contribution in [2.24, 2.45) is 7.05 Å². The average Bonchev–Trinajstić information content (AvgIpc) is 3.40. The van der Waals surface area contributed by atoms with E-state index in [1.54, 1.807) is 24.3 Å². The van der Waals surface area contributed by atoms with Crippen molar-refractivity contribution < 1.29 is 9.53 Å². The summed E-state index contributed by atoms with van der Waals surface area (Å²) in [5, 5.41) is 5.38. The maximum atomic E-state index is 13.0. The summed E-state index contributed by atoms with van der Waals surface area (Å²) in [5.41, 5.74) is 3.75. The first-order valence-electron chi connectivity index (χ1n) is 9.83. The second-order valence-corrected chi connectivity index (χ2v) is 7.99. The maximum absolute atomic E-state index is 13.0. The van der Waals surface area contributed by atoms with Crippen molar-refractivity contribution in [3.63, 3.8) is 0 Å². The van der Waals surface area contributed by atoms with Crippen LogP contribution < -0.4 is 4.74 Å². The molecule has 1 heterocycles. The van der Waals surface area contributed by atoms with Gasteiger partial charge in [-0.1, -0.05) is 24.4 Å². The zero-order valence-corrected chi connectivity index (χ0v) is 16.5. The highest BCUT2D eigenvalue weighted by Crippen LogP contribution is 2.29. The van der Waals surface area contributed by atoms with Gasteiger partial charge in [0.1, 0.15) is 5.75 Å². The highest BCUT2D eigenvalue weighted by Gasteiger charge is 2.30. The Balaban J connectivity index is 1.48. The number of carbonyl (C=O) groups excluding carboxylic acids is 1. The predicted octanol–water partition coefficient (Wildman–Crippen LogP) is 3.91. The number of benzene rings is 1. The summed E-state index contributed by atoms with van der Waals surface area (Å²) in [7, 11) is 2.01. The number of aromatic nitrogens is 2. The van der Waals surface area contributed by atoms with Crippen molar-refractivity contribution in [2.75, 3.05) is 6.61 Å². The number of hydrogen-bond acceptors (Lipinski definition) is 3. The zero-order chi connectivity index (χ0) is 18.8. The van der Waals surface area contributed by atoms with Gasteiger partial charge >= 0.3 is 0 Å². The summed E-state index contributed by atoms with van der Waals surface area (Å²) < 4.78 is 7.72. The van der Waals surface area contributed by atoms with Crippen LogP contribution in [0.5, 0.6) is 5.75 Å². The number of fused-ring (bicyclic) bond motifs is 1. The van der Waals surface area contributed by atoms with E-state index in [4.69, 9.17) is 21.4 Å². The molecule has 1 aromatic heterocycles. The van der Waals surface area contributed by atoms with E-state index in [2.05, 4.69) is 0 Å². The number of ether oxygens (including phenoxy) is 1. The third-order valence-corrected chi connectivity index (χ3v) is 6.03. The Hall–Kier alpha value is -2.01. The van der Waals surface area contributed by atoms with Gasteiger partial charge in [-0.05, 0) is 61.9 Å². The maximum Gasteiger partial charge on any atom is 0.261 e. The Morgan fingerprint density at radius 3 is 2.70 bits per heavy atom. The van der Waals surface area contributed by atoms with Crippen molar-refractivity contribution in [1.29, 1.82) is 0 Å². The minimum Gasteiger partial charge on any atom is -0.484 e. The molecule has 1 fully saturated rings. The first-order chi connectivity index (χ1) is 13.1. The van der Waals surface area contributed by atoms with E-state index in [1.807, 2.05) is 16.6 Å². The molecule has 0 spiro atoms. The number of nitrogens with zero attached hydrogens (tertiary/aromatic N) is 3. The fraction of sp³-hybridized carbons (Fsp3) is 0.524. The molecule has 2 aromatic rings. The second-order valence-electron chi connectivity index (χ2n) is 7.55. The smallest absolute Gasteiger partial charge is 0.261 e. The molecule has 2 aliphatic carbocycles. The van der Waals surface area contributed by atoms with Gasteiger partial charge in [-0.25, -0.2) is 0 Å². The van der Waals surface area contributed by atoms with Gasteiger partial charge < -0.3 is 9.64 Å². The van der Waals surface area contributed by atoms with E-state index in [0.29, 0.717) is 23.4 Å². The van der Waals surface area contributed by atoms with Gasteiger partial charge in [0.25, 0.3) is 5.91 Å². The van der Waals surface area contributed by atoms with Crippen LogP contribution in [0.1, 0.15) is 49.1 Å². The van der Waals surface area contributed by atoms with Crippen LogP contribution in [0.4, 0.5) is 0 Å². The van der Waals surface area contributed by atoms with Gasteiger partial charge in [0.15, 0.2) is 6.61 Å². The molecule has 0 unspecified atom stereocenters. The van der Waals surface area contributed by atoms with Gasteiger partial charge in [-0.2, -0.15) is 5.10 Å². The number of halogens is 1. The van der Waals surface area contributed by atoms with Gasteiger partial charge in [0, 0.05) is 23.8 Å². The summed E-state index contributed by atoms with van der Waals surface area (Å²) in [6.45, 7) is 0.643. The Morgan fingerprint density at radius 2 is 1.96 bits per heavy atom. The number of amides is 1. The highest BCUT2D eigenvalue weighted by molar-refractivity contribution is 6.30. The molecule has 4 rings (SSSR count). The number of carbonyl (C=O) groups is 1. The van der Waals surface area contributed by atoms with Crippen LogP contribution >= 0.6 is 11.6 Å². The fourth-order valence-corrected chi connectivity index (χ4v) is 4.51. The zero-order valence-electron chi connectivity index (χ0n) is 15.8. The molecular weight excluding hydrogens is 362 g/mol. The molecule has 6 heteroatoms. The standard InChI is InChI=1S/C21H26ClN3O2/c1-24-20-8-4-7-18(20)19(23-24)13-25(16-5-2-3-6-16)21(26)14-27-17-11-9-15(22)10-12-17/h9-12,16H,2-8,13-14H2,1H3. The van der Waals surface area contributed by atoms with E-state index in [0.717, 1.165) is 31.4 Å². The van der Waals surface area contributed by atoms with E-state index in [1.165, 1.54) is 30.5 Å². The number of rotatable bonds is 6. The topological polar surface area (TPSA) is 47.4 Å². The van der Waals surface area contributed by atoms with Gasteiger partial charge in [-0.3, -0.25) is 9.48 Å². The van der Waals surface area contributed by atoms with Crippen molar-refractivity contribution in [2.45, 2.75) is 57.5 Å². The van der Waals surface area contributed by atoms with Crippen LogP contribution in [0.25, 0.3) is 0 Å². The van der Waals surface area contributed by atoms with Crippen LogP contribution in [-0.2, 0) is 31.2 Å². The molecule has 2 aliphatic rings. The van der Waals surface area contributed by atoms with Crippen molar-refractivity contribution in [1.82, 2.24) is 14.7 Å². The van der Waals surface area contributed by atoms with Crippen LogP contribution in [-0.4, -0.2) is 33.2 Å². The summed E-state index contributed by atoms with van der Waals surface area (Å²) in [5.74, 6) is 0.701. The van der Waals surface area contributed by atoms with Crippen LogP contribution in [0.2, 0.25) is 5.02 Å². The lowest BCUT2D eigenvalue weighted by molar-refractivity contribution is -0.136. The lowest BCUT2D eigenvalue weighted by Gasteiger charge is -2.28. The van der Waals surface area contributed by atoms with E-state index < -0.39 is 0 Å². The quantitative estimate of drug-likeness (QED) is 0.754. The first-order valence-corrected chi connectivity index (χ1v) is 10.2. The molecule has 144 valence electrons. The number of aryl methyl sites for hydroxylation is 1. The summed E-state index contributed by atoms with van der Waals surface area (Å²) in [6.07, 6.45) is 7.87. The SMILES string of the molecule is Cn1nc(CN(C(=O)COc2ccc(Cl)cc2)C2CCCC2)c2c1CCC2. The monoisotopic (exact) mass is 387 g/mol. The second kappa shape index (κ2) is 7.93. The number of hydrogen-bond donors (Lipinski definition) is 0. The molecule has 0 aliphatic heterocycles. The Morgan fingerprint density at radius 1 is 1.22 bits per heavy atom. The van der Waals surface area contributed by atoms with Crippen molar-refractivity contribution >= 4 is 17.5 Å². The minimum atomic E-state index is 0.0363. The highest BCUT2D eigenvalue weighted by atomic mass is 35.5. The third-order valence-electron chi connectivity index (χ3n) is 5.78. The molecule has 0 N–H and O–H groups in total. The molecule has 0 bridgehead atoms. The van der Waals surface area contributed by atoms with Gasteiger partial charge in [0.2, 0.25) is 0 Å². The summed E-state index contributed by atoms with van der Waals surface area (Å²) in [4.78, 5) is 15.0. The lowest BCUT2D eigenvalue weighted by Crippen LogP contribution is -2.41. The molecule has 1 saturated carbocycles. The summed E-state index contributed by atoms with van der Waals surface area (Å²) >= 11 is 5.91. The fourth-order valence-electron chi connectivity index (χ4n) is 4.38. The lowest BCUT2D eigenvalue weighted by atomic mass is 10.1. The first kappa shape index (κ1) is 18.4. The average molecular weight is 388 g/mol. The van der Waals surface area contributed by atoms with E-state index in [-0.39, 0.29) is 12.5 Å². The molecule has 1 aromatic carbocycles. The normalized spacial score (nSPS) is 16.5. The van der Waals surface area contributed by atoms with Crippen LogP contribution in [0.3, 0.4) is 0 Å². The molecule has 5 nitrogen and oxygen atoms in total. The Kier molecular flexibility index (Phi) is 5.39. The predicted molar refractivity (Wildman–Crippen MR) is 105 cm³/mol. The minimum absolute atomic E-state index is 0.0363. The molecule has 0 radical (unpaired) electrons. The molecule has 0 atom stereocenters. The van der Waals surface area contributed by atoms with Gasteiger partial charge in [0.05, 0.1) is 12.2 Å². The third kappa shape index (κ3) is 3.98. The largest absolute Gasteiger partial charge is 0.484 e. The van der Waals surface area contributed by atoms with Gasteiger partial charge in [-0.15, -0.1) is 0 Å². The molecule has 1 amide bonds.